The summed E-state index contributed by atoms with van der Waals surface area (Å²) in [6.45, 7) is 6.61. The average Bonchev–Trinajstić information content (AvgIpc) is 3.26. The second-order valence-electron chi connectivity index (χ2n) is 8.48. The Hall–Kier alpha value is -3.51. The van der Waals surface area contributed by atoms with Gasteiger partial charge in [-0.1, -0.05) is 0 Å². The lowest BCUT2D eigenvalue weighted by Crippen LogP contribution is -2.53. The fraction of sp³-hybridized carbons (Fsp3) is 0.435. The smallest absolute Gasteiger partial charge is 0.228 e. The molecule has 35 heavy (non-hydrogen) atoms. The van der Waals surface area contributed by atoms with Crippen LogP contribution in [-0.2, 0) is 13.2 Å². The van der Waals surface area contributed by atoms with Crippen molar-refractivity contribution in [3.63, 3.8) is 0 Å². The van der Waals surface area contributed by atoms with Crippen molar-refractivity contribution in [3.8, 4) is 17.2 Å². The standard InChI is InChI=1S/C23H29F2N7O3/c1-13-9-32(10-14(2)28-13)11-15-5-20(31-30-15)29-23-26-7-16(8-27-23)35-12-17-21(24)18(33-3)6-19(34-4)22(17)25/h5-8,13-14,28H,9-12H2,1-4H3,(H2,26,27,29,30,31)/t13-,14+. The molecule has 4 rings (SSSR count). The van der Waals surface area contributed by atoms with Gasteiger partial charge in [0.05, 0.1) is 37.9 Å². The largest absolute Gasteiger partial charge is 0.494 e. The zero-order valence-electron chi connectivity index (χ0n) is 20.1. The highest BCUT2D eigenvalue weighted by atomic mass is 19.1. The molecule has 2 aromatic heterocycles. The Morgan fingerprint density at radius 1 is 1.03 bits per heavy atom. The van der Waals surface area contributed by atoms with E-state index in [1.807, 2.05) is 6.07 Å². The van der Waals surface area contributed by atoms with Crippen LogP contribution in [0.3, 0.4) is 0 Å². The molecule has 1 aliphatic rings. The van der Waals surface area contributed by atoms with Gasteiger partial charge in [0.1, 0.15) is 12.4 Å². The van der Waals surface area contributed by atoms with Crippen molar-refractivity contribution in [2.75, 3.05) is 32.6 Å². The molecule has 188 valence electrons. The number of hydrogen-bond acceptors (Lipinski definition) is 9. The molecule has 0 bridgehead atoms. The highest BCUT2D eigenvalue weighted by Crippen LogP contribution is 2.32. The third-order valence-corrected chi connectivity index (χ3v) is 5.57. The zero-order valence-corrected chi connectivity index (χ0v) is 20.1. The number of nitrogens with one attached hydrogen (secondary N) is 3. The van der Waals surface area contributed by atoms with Gasteiger partial charge in [-0.2, -0.15) is 5.10 Å². The Balaban J connectivity index is 1.35. The van der Waals surface area contributed by atoms with E-state index in [0.717, 1.165) is 31.4 Å². The molecule has 12 heteroatoms. The minimum absolute atomic E-state index is 0.141. The minimum Gasteiger partial charge on any atom is -0.494 e. The van der Waals surface area contributed by atoms with Crippen molar-refractivity contribution in [1.29, 1.82) is 0 Å². The summed E-state index contributed by atoms with van der Waals surface area (Å²) in [5.74, 6) is -0.789. The first-order valence-corrected chi connectivity index (χ1v) is 11.2. The van der Waals surface area contributed by atoms with Gasteiger partial charge in [0.2, 0.25) is 5.95 Å². The van der Waals surface area contributed by atoms with E-state index in [4.69, 9.17) is 14.2 Å². The third-order valence-electron chi connectivity index (χ3n) is 5.57. The molecule has 1 fully saturated rings. The first kappa shape index (κ1) is 24.6. The van der Waals surface area contributed by atoms with Gasteiger partial charge in [0.15, 0.2) is 28.9 Å². The fourth-order valence-corrected chi connectivity index (χ4v) is 4.10. The van der Waals surface area contributed by atoms with Crippen LogP contribution >= 0.6 is 0 Å². The normalized spacial score (nSPS) is 18.3. The van der Waals surface area contributed by atoms with Gasteiger partial charge in [0, 0.05) is 43.9 Å². The van der Waals surface area contributed by atoms with Gasteiger partial charge >= 0.3 is 0 Å². The van der Waals surface area contributed by atoms with Gasteiger partial charge in [-0.15, -0.1) is 0 Å². The molecule has 0 saturated carbocycles. The predicted molar refractivity (Wildman–Crippen MR) is 125 cm³/mol. The maximum atomic E-state index is 14.5. The molecule has 2 atom stereocenters. The van der Waals surface area contributed by atoms with Gasteiger partial charge in [-0.3, -0.25) is 10.00 Å². The molecule has 0 amide bonds. The number of ether oxygens (including phenoxy) is 3. The third kappa shape index (κ3) is 5.95. The molecule has 3 aromatic rings. The molecular formula is C23H29F2N7O3. The second kappa shape index (κ2) is 10.8. The first-order valence-electron chi connectivity index (χ1n) is 11.2. The molecule has 0 unspecified atom stereocenters. The van der Waals surface area contributed by atoms with Crippen LogP contribution in [0.5, 0.6) is 17.2 Å². The summed E-state index contributed by atoms with van der Waals surface area (Å²) in [6.07, 6.45) is 2.81. The zero-order chi connectivity index (χ0) is 24.9. The Morgan fingerprint density at radius 3 is 2.26 bits per heavy atom. The number of hydrogen-bond donors (Lipinski definition) is 3. The molecule has 1 aromatic carbocycles. The number of H-pyrrole nitrogens is 1. The average molecular weight is 490 g/mol. The number of anilines is 2. The van der Waals surface area contributed by atoms with Crippen LogP contribution in [0.15, 0.2) is 24.5 Å². The maximum Gasteiger partial charge on any atom is 0.228 e. The molecule has 0 radical (unpaired) electrons. The number of piperazine rings is 1. The van der Waals surface area contributed by atoms with E-state index >= 15 is 0 Å². The maximum absolute atomic E-state index is 14.5. The molecule has 3 N–H and O–H groups in total. The van der Waals surface area contributed by atoms with Crippen LogP contribution in [0.4, 0.5) is 20.5 Å². The molecular weight excluding hydrogens is 460 g/mol. The van der Waals surface area contributed by atoms with Crippen LogP contribution in [-0.4, -0.2) is 64.5 Å². The molecule has 3 heterocycles. The molecule has 10 nitrogen and oxygen atoms in total. The van der Waals surface area contributed by atoms with E-state index in [1.165, 1.54) is 26.6 Å². The van der Waals surface area contributed by atoms with Crippen LogP contribution in [0.25, 0.3) is 0 Å². The minimum atomic E-state index is -0.857. The number of nitrogens with zero attached hydrogens (tertiary/aromatic N) is 4. The summed E-state index contributed by atoms with van der Waals surface area (Å²) in [4.78, 5) is 10.7. The van der Waals surface area contributed by atoms with E-state index in [9.17, 15) is 8.78 Å². The second-order valence-corrected chi connectivity index (χ2v) is 8.48. The van der Waals surface area contributed by atoms with E-state index < -0.39 is 18.2 Å². The topological polar surface area (TPSA) is 109 Å². The molecule has 1 aliphatic heterocycles. The Kier molecular flexibility index (Phi) is 7.61. The summed E-state index contributed by atoms with van der Waals surface area (Å²) < 4.78 is 44.3. The quantitative estimate of drug-likeness (QED) is 0.418. The van der Waals surface area contributed by atoms with Crippen LogP contribution < -0.4 is 24.8 Å². The van der Waals surface area contributed by atoms with Crippen molar-refractivity contribution in [3.05, 3.63) is 47.4 Å². The number of rotatable bonds is 9. The number of benzene rings is 1. The predicted octanol–water partition coefficient (Wildman–Crippen LogP) is 3.00. The SMILES string of the molecule is COc1cc(OC)c(F)c(COc2cnc(Nc3cc(CN4C[C@@H](C)N[C@@H](C)C4)n[nH]3)nc2)c1F. The van der Waals surface area contributed by atoms with Crippen LogP contribution in [0.2, 0.25) is 0 Å². The van der Waals surface area contributed by atoms with E-state index in [1.54, 1.807) is 0 Å². The summed E-state index contributed by atoms with van der Waals surface area (Å²) in [7, 11) is 2.57. The lowest BCUT2D eigenvalue weighted by molar-refractivity contribution is 0.165. The van der Waals surface area contributed by atoms with Gasteiger partial charge in [-0.05, 0) is 13.8 Å². The van der Waals surface area contributed by atoms with Crippen molar-refractivity contribution in [1.82, 2.24) is 30.4 Å². The van der Waals surface area contributed by atoms with E-state index in [0.29, 0.717) is 23.8 Å². The highest BCUT2D eigenvalue weighted by Gasteiger charge is 2.22. The Labute approximate surface area is 202 Å². The van der Waals surface area contributed by atoms with Gasteiger partial charge in [0.25, 0.3) is 0 Å². The summed E-state index contributed by atoms with van der Waals surface area (Å²) in [5.41, 5.74) is 0.591. The molecule has 0 spiro atoms. The lowest BCUT2D eigenvalue weighted by Gasteiger charge is -2.35. The summed E-state index contributed by atoms with van der Waals surface area (Å²) in [5, 5.41) is 13.9. The Bertz CT molecular complexity index is 1100. The lowest BCUT2D eigenvalue weighted by atomic mass is 10.1. The van der Waals surface area contributed by atoms with E-state index in [2.05, 4.69) is 49.5 Å². The van der Waals surface area contributed by atoms with Crippen molar-refractivity contribution >= 4 is 11.8 Å². The van der Waals surface area contributed by atoms with Crippen molar-refractivity contribution in [2.45, 2.75) is 39.1 Å². The number of aromatic amines is 1. The number of methoxy groups -OCH3 is 2. The number of halogens is 2. The van der Waals surface area contributed by atoms with E-state index in [-0.39, 0.29) is 22.8 Å². The summed E-state index contributed by atoms with van der Waals surface area (Å²) in [6, 6.07) is 3.92. The van der Waals surface area contributed by atoms with Crippen molar-refractivity contribution in [2.24, 2.45) is 0 Å². The molecule has 0 aliphatic carbocycles. The number of aromatic nitrogens is 4. The Morgan fingerprint density at radius 2 is 1.66 bits per heavy atom. The molecule has 1 saturated heterocycles. The highest BCUT2D eigenvalue weighted by molar-refractivity contribution is 5.48. The van der Waals surface area contributed by atoms with Crippen LogP contribution in [0.1, 0.15) is 25.1 Å². The van der Waals surface area contributed by atoms with Gasteiger partial charge in [-0.25, -0.2) is 18.7 Å². The fourth-order valence-electron chi connectivity index (χ4n) is 4.10. The monoisotopic (exact) mass is 489 g/mol. The first-order chi connectivity index (χ1) is 16.9. The summed E-state index contributed by atoms with van der Waals surface area (Å²) >= 11 is 0. The van der Waals surface area contributed by atoms with Crippen LogP contribution in [0, 0.1) is 11.6 Å². The van der Waals surface area contributed by atoms with Gasteiger partial charge < -0.3 is 24.8 Å². The van der Waals surface area contributed by atoms with Crippen molar-refractivity contribution < 1.29 is 23.0 Å².